The Bertz CT molecular complexity index is 2570. The van der Waals surface area contributed by atoms with Crippen LogP contribution in [0.5, 0.6) is 0 Å². The molecular formula is C56H91NO43. The van der Waals surface area contributed by atoms with Crippen LogP contribution in [0.15, 0.2) is 0 Å². The quantitative estimate of drug-likeness (QED) is 0.0399. The molecule has 0 spiro atoms. The van der Waals surface area contributed by atoms with Gasteiger partial charge < -0.3 is 213 Å². The largest absolute Gasteiger partial charge is 0.394 e. The maximum atomic E-state index is 12.6. The van der Waals surface area contributed by atoms with E-state index in [-0.39, 0.29) is 0 Å². The smallest absolute Gasteiger partial charge is 0.222 e. The molecule has 9 aliphatic heterocycles. The van der Waals surface area contributed by atoms with Gasteiger partial charge in [-0.15, -0.1) is 6.42 Å². The number of amides is 1. The maximum absolute atomic E-state index is 12.6. The van der Waals surface area contributed by atoms with Crippen molar-refractivity contribution < 1.29 is 213 Å². The van der Waals surface area contributed by atoms with Crippen LogP contribution in [-0.4, -0.2) is 462 Å². The van der Waals surface area contributed by atoms with Gasteiger partial charge >= 0.3 is 0 Å². The predicted octanol–water partition coefficient (Wildman–Crippen LogP) is -18.2. The molecular weight excluding hydrogens is 1370 g/mol. The van der Waals surface area contributed by atoms with Crippen molar-refractivity contribution in [2.75, 3.05) is 66.0 Å². The molecule has 42 atom stereocenters. The Balaban J connectivity index is 1.02. The van der Waals surface area contributed by atoms with Crippen LogP contribution in [0.4, 0.5) is 0 Å². The number of rotatable bonds is 24. The van der Waals surface area contributed by atoms with E-state index in [4.69, 9.17) is 87.0 Å². The third kappa shape index (κ3) is 17.5. The van der Waals surface area contributed by atoms with Gasteiger partial charge in [-0.3, -0.25) is 4.79 Å². The first kappa shape index (κ1) is 81.4. The first-order chi connectivity index (χ1) is 47.4. The second-order valence-electron chi connectivity index (χ2n) is 25.3. The Kier molecular flexibility index (Phi) is 28.8. The van der Waals surface area contributed by atoms with Crippen LogP contribution in [0.1, 0.15) is 6.92 Å². The van der Waals surface area contributed by atoms with Crippen LogP contribution in [0.2, 0.25) is 0 Å². The highest BCUT2D eigenvalue weighted by Gasteiger charge is 2.59. The minimum Gasteiger partial charge on any atom is -0.394 e. The number of carbonyl (C=O) groups is 1. The summed E-state index contributed by atoms with van der Waals surface area (Å²) in [6.45, 7) is -7.37. The third-order valence-corrected chi connectivity index (χ3v) is 18.5. The molecule has 0 bridgehead atoms. The summed E-state index contributed by atoms with van der Waals surface area (Å²) < 4.78 is 98.3. The van der Waals surface area contributed by atoms with E-state index in [0.29, 0.717) is 0 Å². The third-order valence-electron chi connectivity index (χ3n) is 18.5. The highest BCUT2D eigenvalue weighted by atomic mass is 16.8. The van der Waals surface area contributed by atoms with Crippen molar-refractivity contribution >= 4 is 5.91 Å². The number of ether oxygens (including phenoxy) is 17. The van der Waals surface area contributed by atoms with Crippen molar-refractivity contribution in [1.82, 2.24) is 4.90 Å². The molecule has 25 N–H and O–H groups in total. The number of aliphatic hydroxyl groups is 25. The second kappa shape index (κ2) is 35.4. The van der Waals surface area contributed by atoms with E-state index < -0.39 is 330 Å². The van der Waals surface area contributed by atoms with Crippen molar-refractivity contribution in [3.05, 3.63) is 0 Å². The summed E-state index contributed by atoms with van der Waals surface area (Å²) >= 11 is 0. The van der Waals surface area contributed by atoms with Crippen molar-refractivity contribution in [3.63, 3.8) is 0 Å². The first-order valence-corrected chi connectivity index (χ1v) is 31.8. The number of hydrogen-bond donors (Lipinski definition) is 25. The summed E-state index contributed by atoms with van der Waals surface area (Å²) in [6, 6.07) is 0. The van der Waals surface area contributed by atoms with Crippen molar-refractivity contribution in [2.24, 2.45) is 0 Å². The zero-order valence-electron chi connectivity index (χ0n) is 52.9. The van der Waals surface area contributed by atoms with Crippen LogP contribution in [0.25, 0.3) is 0 Å². The molecule has 9 saturated heterocycles. The lowest BCUT2D eigenvalue weighted by Crippen LogP contribution is -2.68. The fourth-order valence-electron chi connectivity index (χ4n) is 12.5. The number of terminal acetylenes is 1. The Morgan fingerprint density at radius 1 is 0.340 bits per heavy atom. The summed E-state index contributed by atoms with van der Waals surface area (Å²) in [5, 5.41) is 273. The monoisotopic (exact) mass is 1470 g/mol. The predicted molar refractivity (Wildman–Crippen MR) is 303 cm³/mol. The van der Waals surface area contributed by atoms with Crippen molar-refractivity contribution in [2.45, 2.75) is 265 Å². The minimum atomic E-state index is -2.50. The standard InChI is InChI=1S/C56H91NO43/c1-3-4-57(14(2)61)48-36(77)33(74)43(20(7-60)90-48)96-53-41(82)34(75)45(23(94-53)13-89-56-47(26(67)17(64)10-86-56)100-51-39(80)31(72)28(69)19(6-59)92-51)98-54-42(83)35(76)44(97-52-40(81)32(73)29(70)21(93-52)11-87-49-37(78)24(65)15(62)8-84-49)22(95-54)12-88-55-46(25(66)16(63)9-85-55)99-50-38(79)30(71)27(68)18(5-58)91-50/h1,15-56,58-60,62-83H,4-13H2,2H3/t15-,16-,17-,18?,19?,20?,21?,22?,23?,24+,25?,26+,27+,28+,29-,30+,31+,32+,33?,34-,35?,36?,37?,38?,39?,40?,41?,42?,43-,44-,45-,46?,47?,48-,49-,50+,51+,52+,53+,54+,55-,56-/m1/s1. The van der Waals surface area contributed by atoms with E-state index in [1.165, 1.54) is 0 Å². The van der Waals surface area contributed by atoms with E-state index in [1.54, 1.807) is 0 Å². The average molecular weight is 1470 g/mol. The van der Waals surface area contributed by atoms with Gasteiger partial charge in [-0.05, 0) is 0 Å². The first-order valence-electron chi connectivity index (χ1n) is 31.8. The van der Waals surface area contributed by atoms with Gasteiger partial charge in [0.2, 0.25) is 5.91 Å². The highest BCUT2D eigenvalue weighted by molar-refractivity contribution is 5.73. The number of nitrogens with zero attached hydrogens (tertiary/aromatic N) is 1. The van der Waals surface area contributed by atoms with Crippen LogP contribution < -0.4 is 0 Å². The number of carbonyl (C=O) groups excluding carboxylic acids is 1. The Morgan fingerprint density at radius 3 is 1.03 bits per heavy atom. The molecule has 0 aromatic heterocycles. The average Bonchev–Trinajstić information content (AvgIpc) is 0.781. The van der Waals surface area contributed by atoms with E-state index in [1.807, 2.05) is 0 Å². The van der Waals surface area contributed by atoms with Crippen molar-refractivity contribution in [3.8, 4) is 12.3 Å². The number of aliphatic hydroxyl groups excluding tert-OH is 25. The summed E-state index contributed by atoms with van der Waals surface area (Å²) in [7, 11) is 0. The zero-order valence-corrected chi connectivity index (χ0v) is 52.9. The molecule has 18 unspecified atom stereocenters. The van der Waals surface area contributed by atoms with Gasteiger partial charge in [0.1, 0.15) is 201 Å². The lowest BCUT2D eigenvalue weighted by Gasteiger charge is -2.50. The number of hydrogen-bond acceptors (Lipinski definition) is 43. The fourth-order valence-corrected chi connectivity index (χ4v) is 12.5. The Morgan fingerprint density at radius 2 is 0.640 bits per heavy atom. The van der Waals surface area contributed by atoms with Crippen molar-refractivity contribution in [1.29, 1.82) is 0 Å². The summed E-state index contributed by atoms with van der Waals surface area (Å²) in [6.07, 6.45) is -79.4. The van der Waals surface area contributed by atoms with E-state index in [9.17, 15) is 132 Å². The zero-order chi connectivity index (χ0) is 73.2. The Labute approximate surface area is 565 Å². The van der Waals surface area contributed by atoms with Gasteiger partial charge in [-0.25, -0.2) is 0 Å². The van der Waals surface area contributed by atoms with Gasteiger partial charge in [0.15, 0.2) is 56.5 Å². The molecule has 0 aromatic carbocycles. The lowest BCUT2D eigenvalue weighted by atomic mass is 9.95. The molecule has 44 heteroatoms. The molecule has 44 nitrogen and oxygen atoms in total. The van der Waals surface area contributed by atoms with Gasteiger partial charge in [0, 0.05) is 6.92 Å². The molecule has 9 aliphatic rings. The summed E-state index contributed by atoms with van der Waals surface area (Å²) in [5.41, 5.74) is 0. The van der Waals surface area contributed by atoms with Crippen LogP contribution in [-0.2, 0) is 85.3 Å². The van der Waals surface area contributed by atoms with E-state index >= 15 is 0 Å². The molecule has 578 valence electrons. The molecule has 9 heterocycles. The van der Waals surface area contributed by atoms with E-state index in [2.05, 4.69) is 5.92 Å². The summed E-state index contributed by atoms with van der Waals surface area (Å²) in [5.74, 6) is 1.44. The summed E-state index contributed by atoms with van der Waals surface area (Å²) in [4.78, 5) is 13.4. The Hall–Kier alpha value is -2.65. The maximum Gasteiger partial charge on any atom is 0.222 e. The van der Waals surface area contributed by atoms with Crippen LogP contribution in [0, 0.1) is 12.3 Å². The van der Waals surface area contributed by atoms with Gasteiger partial charge in [-0.2, -0.15) is 0 Å². The van der Waals surface area contributed by atoms with E-state index in [0.717, 1.165) is 11.8 Å². The molecule has 1 amide bonds. The lowest BCUT2D eigenvalue weighted by molar-refractivity contribution is -0.396. The molecule has 9 fully saturated rings. The van der Waals surface area contributed by atoms with Gasteiger partial charge in [-0.1, -0.05) is 5.92 Å². The molecule has 0 aliphatic carbocycles. The normalized spacial score (nSPS) is 51.2. The van der Waals surface area contributed by atoms with Gasteiger partial charge in [0.05, 0.1) is 66.0 Å². The van der Waals surface area contributed by atoms with Gasteiger partial charge in [0.25, 0.3) is 0 Å². The highest BCUT2D eigenvalue weighted by Crippen LogP contribution is 2.38. The minimum absolute atomic E-state index is 0.469. The molecule has 0 aromatic rings. The molecule has 0 radical (unpaired) electrons. The molecule has 0 saturated carbocycles. The fraction of sp³-hybridized carbons (Fsp3) is 0.946. The molecule has 9 rings (SSSR count). The second-order valence-corrected chi connectivity index (χ2v) is 25.3. The SMILES string of the molecule is C#CCN(C(C)=O)[C@@H]1OC(CO)[C@@H](O[C@@H]2OC(CO[C@H]3OC[C@@H](O)[C@H](O)C3O[C@@H]3OC(CO)[C@H](O)[C@H](O)C3O)[C@@H](O[C@@H]3OC(CO[C@H]4OC[C@@H](O)C(O)C4O[C@@H]4OC(CO)[C@H](O)[C@H](O)C4O)[C@@H](O[C@@H]4OC(CO[C@H]5OC[C@@H](O)[C@H](O)C5O)[C@@H](O)[C@H](O)C4O)C(O)C3O)[C@H](O)C2O)C(O)C1O. The van der Waals surface area contributed by atoms with Crippen LogP contribution in [0.3, 0.4) is 0 Å². The topological polar surface area (TPSA) is 683 Å². The molecule has 100 heavy (non-hydrogen) atoms. The van der Waals surface area contributed by atoms with Crippen LogP contribution >= 0.6 is 0 Å².